The van der Waals surface area contributed by atoms with E-state index >= 15 is 0 Å². The van der Waals surface area contributed by atoms with Crippen LogP contribution in [0.3, 0.4) is 0 Å². The van der Waals surface area contributed by atoms with E-state index < -0.39 is 17.7 Å². The standard InChI is InChI=1S/C34H46N2O7/c1-22(2)12-17-42-28-11-8-25(21-29(28)40-6)31-30(32(37)27-10-9-26(20-24(27)5)43-23(3)4)33(38)34(39)36(31)14-7-13-35-15-18-41-19-16-35/h8-11,20-23,31,37H,7,12-19H2,1-6H3. The number of likely N-dealkylation sites (tertiary alicyclic amines) is 1. The fourth-order valence-electron chi connectivity index (χ4n) is 5.52. The van der Waals surface area contributed by atoms with Gasteiger partial charge >= 0.3 is 0 Å². The van der Waals surface area contributed by atoms with Crippen LogP contribution in [-0.2, 0) is 14.3 Å². The van der Waals surface area contributed by atoms with Gasteiger partial charge in [-0.1, -0.05) is 19.9 Å². The van der Waals surface area contributed by atoms with Crippen molar-refractivity contribution in [3.63, 3.8) is 0 Å². The minimum atomic E-state index is -0.783. The van der Waals surface area contributed by atoms with Crippen LogP contribution >= 0.6 is 0 Å². The molecule has 1 N–H and O–H groups in total. The van der Waals surface area contributed by atoms with Crippen molar-refractivity contribution in [2.24, 2.45) is 5.92 Å². The lowest BCUT2D eigenvalue weighted by Gasteiger charge is -2.29. The monoisotopic (exact) mass is 594 g/mol. The van der Waals surface area contributed by atoms with Crippen molar-refractivity contribution in [3.05, 3.63) is 58.7 Å². The van der Waals surface area contributed by atoms with Crippen LogP contribution in [0.4, 0.5) is 0 Å². The number of aliphatic hydroxyl groups is 1. The molecule has 4 rings (SSSR count). The first-order chi connectivity index (χ1) is 20.6. The van der Waals surface area contributed by atoms with Crippen molar-refractivity contribution in [1.29, 1.82) is 0 Å². The predicted molar refractivity (Wildman–Crippen MR) is 166 cm³/mol. The quantitative estimate of drug-likeness (QED) is 0.188. The number of rotatable bonds is 13. The molecule has 0 aliphatic carbocycles. The maximum Gasteiger partial charge on any atom is 0.295 e. The fraction of sp³-hybridized carbons (Fsp3) is 0.529. The maximum atomic E-state index is 13.6. The number of carbonyl (C=O) groups is 2. The summed E-state index contributed by atoms with van der Waals surface area (Å²) < 4.78 is 22.9. The lowest BCUT2D eigenvalue weighted by atomic mass is 9.93. The number of aryl methyl sites for hydroxylation is 1. The first kappa shape index (κ1) is 32.4. The highest BCUT2D eigenvalue weighted by Crippen LogP contribution is 2.42. The Morgan fingerprint density at radius 3 is 2.42 bits per heavy atom. The molecule has 2 aliphatic rings. The Kier molecular flexibility index (Phi) is 11.1. The van der Waals surface area contributed by atoms with Crippen LogP contribution in [0, 0.1) is 12.8 Å². The third-order valence-corrected chi connectivity index (χ3v) is 7.80. The van der Waals surface area contributed by atoms with Gasteiger partial charge in [0.25, 0.3) is 11.7 Å². The van der Waals surface area contributed by atoms with Crippen molar-refractivity contribution in [2.45, 2.75) is 59.6 Å². The molecule has 2 aliphatic heterocycles. The van der Waals surface area contributed by atoms with Crippen LogP contribution in [0.15, 0.2) is 42.0 Å². The Labute approximate surface area is 255 Å². The molecule has 2 fully saturated rings. The molecule has 1 unspecified atom stereocenters. The van der Waals surface area contributed by atoms with Gasteiger partial charge in [0.15, 0.2) is 11.5 Å². The normalized spacial score (nSPS) is 19.0. The first-order valence-electron chi connectivity index (χ1n) is 15.3. The number of hydrogen-bond acceptors (Lipinski definition) is 8. The Bertz CT molecular complexity index is 1310. The molecule has 0 radical (unpaired) electrons. The molecule has 2 aromatic rings. The van der Waals surface area contributed by atoms with Gasteiger partial charge < -0.3 is 29.0 Å². The van der Waals surface area contributed by atoms with Crippen molar-refractivity contribution in [3.8, 4) is 17.2 Å². The molecule has 0 saturated carbocycles. The Hall–Kier alpha value is -3.56. The van der Waals surface area contributed by atoms with Gasteiger partial charge in [-0.3, -0.25) is 14.5 Å². The van der Waals surface area contributed by atoms with Crippen LogP contribution in [0.2, 0.25) is 0 Å². The molecule has 2 aromatic carbocycles. The summed E-state index contributed by atoms with van der Waals surface area (Å²) in [5.74, 6) is 0.733. The van der Waals surface area contributed by atoms with Crippen LogP contribution in [0.5, 0.6) is 17.2 Å². The zero-order chi connectivity index (χ0) is 31.1. The van der Waals surface area contributed by atoms with E-state index in [0.29, 0.717) is 67.1 Å². The third kappa shape index (κ3) is 7.89. The van der Waals surface area contributed by atoms with E-state index in [1.165, 1.54) is 0 Å². The highest BCUT2D eigenvalue weighted by molar-refractivity contribution is 6.46. The van der Waals surface area contributed by atoms with E-state index in [1.54, 1.807) is 30.2 Å². The summed E-state index contributed by atoms with van der Waals surface area (Å²) in [6.07, 6.45) is 1.57. The number of nitrogens with zero attached hydrogens (tertiary/aromatic N) is 2. The highest BCUT2D eigenvalue weighted by Gasteiger charge is 2.46. The Morgan fingerprint density at radius 2 is 1.77 bits per heavy atom. The second-order valence-corrected chi connectivity index (χ2v) is 11.9. The molecule has 2 heterocycles. The maximum absolute atomic E-state index is 13.6. The number of ether oxygens (including phenoxy) is 4. The van der Waals surface area contributed by atoms with Crippen molar-refractivity contribution >= 4 is 17.4 Å². The molecular formula is C34H46N2O7. The first-order valence-corrected chi connectivity index (χ1v) is 15.3. The molecular weight excluding hydrogens is 548 g/mol. The summed E-state index contributed by atoms with van der Waals surface area (Å²) >= 11 is 0. The average Bonchev–Trinajstić information content (AvgIpc) is 3.22. The molecule has 2 saturated heterocycles. The number of amides is 1. The van der Waals surface area contributed by atoms with E-state index in [0.717, 1.165) is 31.6 Å². The largest absolute Gasteiger partial charge is 0.507 e. The minimum absolute atomic E-state index is 0.00561. The minimum Gasteiger partial charge on any atom is -0.507 e. The molecule has 9 heteroatoms. The number of methoxy groups -OCH3 is 1. The van der Waals surface area contributed by atoms with Gasteiger partial charge in [-0.2, -0.15) is 0 Å². The molecule has 43 heavy (non-hydrogen) atoms. The van der Waals surface area contributed by atoms with Crippen molar-refractivity contribution < 1.29 is 33.6 Å². The lowest BCUT2D eigenvalue weighted by Crippen LogP contribution is -2.39. The number of aliphatic hydroxyl groups excluding tert-OH is 1. The lowest BCUT2D eigenvalue weighted by molar-refractivity contribution is -0.140. The zero-order valence-corrected chi connectivity index (χ0v) is 26.4. The average molecular weight is 595 g/mol. The summed E-state index contributed by atoms with van der Waals surface area (Å²) in [5.41, 5.74) is 1.94. The second-order valence-electron chi connectivity index (χ2n) is 11.9. The summed E-state index contributed by atoms with van der Waals surface area (Å²) in [4.78, 5) is 31.0. The third-order valence-electron chi connectivity index (χ3n) is 7.80. The smallest absolute Gasteiger partial charge is 0.295 e. The van der Waals surface area contributed by atoms with E-state index in [4.69, 9.17) is 18.9 Å². The highest BCUT2D eigenvalue weighted by atomic mass is 16.5. The molecule has 0 bridgehead atoms. The molecule has 0 spiro atoms. The van der Waals surface area contributed by atoms with Gasteiger partial charge in [0, 0.05) is 31.7 Å². The van der Waals surface area contributed by atoms with Gasteiger partial charge in [0.1, 0.15) is 11.5 Å². The van der Waals surface area contributed by atoms with E-state index in [-0.39, 0.29) is 17.4 Å². The topological polar surface area (TPSA) is 97.8 Å². The van der Waals surface area contributed by atoms with Crippen molar-refractivity contribution in [1.82, 2.24) is 9.80 Å². The van der Waals surface area contributed by atoms with E-state index in [9.17, 15) is 14.7 Å². The van der Waals surface area contributed by atoms with Gasteiger partial charge in [-0.15, -0.1) is 0 Å². The van der Waals surface area contributed by atoms with Gasteiger partial charge in [-0.05, 0) is 81.0 Å². The molecule has 234 valence electrons. The molecule has 0 aromatic heterocycles. The fourth-order valence-corrected chi connectivity index (χ4v) is 5.52. The summed E-state index contributed by atoms with van der Waals surface area (Å²) in [5, 5.41) is 11.7. The van der Waals surface area contributed by atoms with Crippen LogP contribution in [-0.4, -0.2) is 85.8 Å². The molecule has 9 nitrogen and oxygen atoms in total. The van der Waals surface area contributed by atoms with Crippen LogP contribution < -0.4 is 14.2 Å². The summed E-state index contributed by atoms with van der Waals surface area (Å²) in [7, 11) is 1.57. The number of carbonyl (C=O) groups excluding carboxylic acids is 2. The second kappa shape index (κ2) is 14.8. The zero-order valence-electron chi connectivity index (χ0n) is 26.4. The molecule has 1 atom stereocenters. The number of hydrogen-bond donors (Lipinski definition) is 1. The number of Topliss-reactive ketones (excluding diaryl/α,β-unsaturated/α-hetero) is 1. The van der Waals surface area contributed by atoms with Gasteiger partial charge in [0.2, 0.25) is 0 Å². The summed E-state index contributed by atoms with van der Waals surface area (Å²) in [6.45, 7) is 14.8. The number of benzene rings is 2. The van der Waals surface area contributed by atoms with Crippen LogP contribution in [0.25, 0.3) is 5.76 Å². The SMILES string of the molecule is COc1cc(C2C(=C(O)c3ccc(OC(C)C)cc3C)C(=O)C(=O)N2CCCN2CCOCC2)ccc1OCCC(C)C. The summed E-state index contributed by atoms with van der Waals surface area (Å²) in [6, 6.07) is 10.0. The number of ketones is 1. The van der Waals surface area contributed by atoms with Crippen molar-refractivity contribution in [2.75, 3.05) is 53.1 Å². The molecule has 1 amide bonds. The van der Waals surface area contributed by atoms with E-state index in [1.807, 2.05) is 39.0 Å². The van der Waals surface area contributed by atoms with E-state index in [2.05, 4.69) is 18.7 Å². The van der Waals surface area contributed by atoms with Gasteiger partial charge in [-0.25, -0.2) is 0 Å². The van der Waals surface area contributed by atoms with Gasteiger partial charge in [0.05, 0.1) is 44.6 Å². The number of morpholine rings is 1. The Morgan fingerprint density at radius 1 is 1.02 bits per heavy atom. The Balaban J connectivity index is 1.71. The predicted octanol–water partition coefficient (Wildman–Crippen LogP) is 5.36. The van der Waals surface area contributed by atoms with Crippen LogP contribution in [0.1, 0.15) is 63.3 Å².